The number of carbonyl (C=O) groups is 3. The zero-order valence-corrected chi connectivity index (χ0v) is 16.9. The summed E-state index contributed by atoms with van der Waals surface area (Å²) >= 11 is 0.870. The number of aromatic carboxylic acids is 1. The van der Waals surface area contributed by atoms with Gasteiger partial charge >= 0.3 is 5.97 Å². The minimum Gasteiger partial charge on any atom is -0.490 e. The number of carboxylic acids is 1. The molecule has 9 heteroatoms. The van der Waals surface area contributed by atoms with E-state index in [9.17, 15) is 14.4 Å². The number of benzene rings is 1. The van der Waals surface area contributed by atoms with Crippen LogP contribution in [0.15, 0.2) is 52.3 Å². The fourth-order valence-corrected chi connectivity index (χ4v) is 3.51. The van der Waals surface area contributed by atoms with E-state index in [0.717, 1.165) is 16.7 Å². The Morgan fingerprint density at radius 3 is 2.70 bits per heavy atom. The second-order valence-electron chi connectivity index (χ2n) is 6.08. The minimum atomic E-state index is -1.15. The minimum absolute atomic E-state index is 0.0210. The fraction of sp³-hybridized carbons (Fsp3) is 0.190. The van der Waals surface area contributed by atoms with E-state index >= 15 is 0 Å². The number of furan rings is 1. The van der Waals surface area contributed by atoms with Crippen LogP contribution in [0.4, 0.5) is 4.79 Å². The number of hydrogen-bond donors (Lipinski definition) is 1. The number of thioether (sulfide) groups is 1. The summed E-state index contributed by atoms with van der Waals surface area (Å²) in [7, 11) is 0. The molecule has 2 amide bonds. The van der Waals surface area contributed by atoms with Crippen LogP contribution in [-0.2, 0) is 11.4 Å². The maximum Gasteiger partial charge on any atom is 0.371 e. The predicted octanol–water partition coefficient (Wildman–Crippen LogP) is 4.18. The van der Waals surface area contributed by atoms with E-state index in [1.54, 1.807) is 24.3 Å². The predicted molar refractivity (Wildman–Crippen MR) is 110 cm³/mol. The van der Waals surface area contributed by atoms with Gasteiger partial charge in [-0.1, -0.05) is 12.1 Å². The number of rotatable bonds is 9. The van der Waals surface area contributed by atoms with Gasteiger partial charge in [-0.15, -0.1) is 6.58 Å². The van der Waals surface area contributed by atoms with Crippen LogP contribution in [0.3, 0.4) is 0 Å². The van der Waals surface area contributed by atoms with Crippen molar-refractivity contribution in [1.29, 1.82) is 0 Å². The average Bonchev–Trinajstić information content (AvgIpc) is 3.29. The Bertz CT molecular complexity index is 1020. The first-order chi connectivity index (χ1) is 14.4. The summed E-state index contributed by atoms with van der Waals surface area (Å²) in [5, 5.41) is 8.57. The molecule has 3 rings (SSSR count). The molecule has 30 heavy (non-hydrogen) atoms. The van der Waals surface area contributed by atoms with E-state index in [1.807, 2.05) is 6.92 Å². The summed E-state index contributed by atoms with van der Waals surface area (Å²) in [6.45, 7) is 5.95. The van der Waals surface area contributed by atoms with Gasteiger partial charge in [0, 0.05) is 6.54 Å². The lowest BCUT2D eigenvalue weighted by atomic mass is 10.2. The molecular weight excluding hydrogens is 410 g/mol. The van der Waals surface area contributed by atoms with Crippen LogP contribution in [0.5, 0.6) is 11.5 Å². The Morgan fingerprint density at radius 1 is 1.23 bits per heavy atom. The van der Waals surface area contributed by atoms with Gasteiger partial charge in [-0.05, 0) is 54.6 Å². The molecule has 0 atom stereocenters. The lowest BCUT2D eigenvalue weighted by Crippen LogP contribution is -2.27. The van der Waals surface area contributed by atoms with Crippen LogP contribution in [0.2, 0.25) is 0 Å². The summed E-state index contributed by atoms with van der Waals surface area (Å²) in [6.07, 6.45) is 3.11. The summed E-state index contributed by atoms with van der Waals surface area (Å²) in [5.74, 6) is -0.453. The first-order valence-corrected chi connectivity index (χ1v) is 9.82. The number of carbonyl (C=O) groups excluding carboxylic acids is 2. The van der Waals surface area contributed by atoms with Gasteiger partial charge in [0.2, 0.25) is 5.76 Å². The fourth-order valence-electron chi connectivity index (χ4n) is 2.66. The van der Waals surface area contributed by atoms with Gasteiger partial charge in [0.05, 0.1) is 11.5 Å². The van der Waals surface area contributed by atoms with Crippen molar-refractivity contribution in [3.8, 4) is 11.5 Å². The number of carboxylic acid groups (broad SMARTS) is 1. The van der Waals surface area contributed by atoms with Crippen LogP contribution in [0, 0.1) is 0 Å². The summed E-state index contributed by atoms with van der Waals surface area (Å²) in [4.78, 5) is 36.6. The van der Waals surface area contributed by atoms with Crippen LogP contribution >= 0.6 is 11.8 Å². The van der Waals surface area contributed by atoms with Crippen LogP contribution in [-0.4, -0.2) is 40.3 Å². The molecule has 0 bridgehead atoms. The Morgan fingerprint density at radius 2 is 2.03 bits per heavy atom. The van der Waals surface area contributed by atoms with E-state index in [1.165, 1.54) is 18.2 Å². The molecule has 1 aliphatic heterocycles. The second kappa shape index (κ2) is 9.36. The molecule has 1 aromatic carbocycles. The normalized spacial score (nSPS) is 15.0. The summed E-state index contributed by atoms with van der Waals surface area (Å²) in [6, 6.07) is 7.98. The van der Waals surface area contributed by atoms with Crippen molar-refractivity contribution in [2.45, 2.75) is 13.5 Å². The van der Waals surface area contributed by atoms with Gasteiger partial charge in [0.1, 0.15) is 12.4 Å². The third-order valence-electron chi connectivity index (χ3n) is 3.99. The monoisotopic (exact) mass is 429 g/mol. The van der Waals surface area contributed by atoms with Crippen LogP contribution in [0.25, 0.3) is 6.08 Å². The molecule has 8 nitrogen and oxygen atoms in total. The molecule has 0 radical (unpaired) electrons. The molecule has 156 valence electrons. The number of amides is 2. The molecule has 0 spiro atoms. The molecule has 1 N–H and O–H groups in total. The summed E-state index contributed by atoms with van der Waals surface area (Å²) < 4.78 is 16.5. The number of imide groups is 1. The third kappa shape index (κ3) is 4.74. The quantitative estimate of drug-likeness (QED) is 0.467. The van der Waals surface area contributed by atoms with E-state index in [-0.39, 0.29) is 30.1 Å². The van der Waals surface area contributed by atoms with Crippen molar-refractivity contribution >= 4 is 35.0 Å². The molecule has 2 heterocycles. The van der Waals surface area contributed by atoms with Gasteiger partial charge in [0.15, 0.2) is 11.5 Å². The highest BCUT2D eigenvalue weighted by molar-refractivity contribution is 8.18. The SMILES string of the molecule is C=CCN1C(=O)SC(=Cc2ccc(OCc3ccc(C(=O)O)o3)c(OCC)c2)C1=O. The molecule has 1 saturated heterocycles. The molecule has 1 aliphatic rings. The highest BCUT2D eigenvalue weighted by Gasteiger charge is 2.34. The molecule has 1 aromatic heterocycles. The highest BCUT2D eigenvalue weighted by Crippen LogP contribution is 2.35. The van der Waals surface area contributed by atoms with Crippen molar-refractivity contribution in [2.24, 2.45) is 0 Å². The zero-order valence-electron chi connectivity index (χ0n) is 16.1. The standard InChI is InChI=1S/C21H19NO7S/c1-3-9-22-19(23)18(30-21(22)26)11-13-5-7-15(17(10-13)27-4-2)28-12-14-6-8-16(29-14)20(24)25/h3,5-8,10-11H,1,4,9,12H2,2H3,(H,24,25). The van der Waals surface area contributed by atoms with Gasteiger partial charge in [-0.2, -0.15) is 0 Å². The van der Waals surface area contributed by atoms with Gasteiger partial charge in [0.25, 0.3) is 11.1 Å². The topological polar surface area (TPSA) is 106 Å². The van der Waals surface area contributed by atoms with Gasteiger partial charge in [-0.3, -0.25) is 14.5 Å². The molecular formula is C21H19NO7S. The third-order valence-corrected chi connectivity index (χ3v) is 4.90. The summed E-state index contributed by atoms with van der Waals surface area (Å²) in [5.41, 5.74) is 0.668. The van der Waals surface area contributed by atoms with Crippen molar-refractivity contribution in [1.82, 2.24) is 4.90 Å². The second-order valence-corrected chi connectivity index (χ2v) is 7.07. The van der Waals surface area contributed by atoms with Crippen molar-refractivity contribution < 1.29 is 33.4 Å². The Balaban J connectivity index is 1.77. The largest absolute Gasteiger partial charge is 0.490 e. The van der Waals surface area contributed by atoms with Crippen molar-refractivity contribution in [3.63, 3.8) is 0 Å². The Labute approximate surface area is 176 Å². The Kier molecular flexibility index (Phi) is 6.63. The smallest absolute Gasteiger partial charge is 0.371 e. The first-order valence-electron chi connectivity index (χ1n) is 9.00. The zero-order chi connectivity index (χ0) is 21.7. The number of nitrogens with zero attached hydrogens (tertiary/aromatic N) is 1. The Hall–Kier alpha value is -3.46. The van der Waals surface area contributed by atoms with Crippen LogP contribution in [0.1, 0.15) is 28.8 Å². The lowest BCUT2D eigenvalue weighted by molar-refractivity contribution is -0.122. The van der Waals surface area contributed by atoms with Gasteiger partial charge < -0.3 is 19.0 Å². The maximum atomic E-state index is 12.4. The number of hydrogen-bond acceptors (Lipinski definition) is 7. The van der Waals surface area contributed by atoms with E-state index in [4.69, 9.17) is 19.0 Å². The lowest BCUT2D eigenvalue weighted by Gasteiger charge is -2.12. The van der Waals surface area contributed by atoms with E-state index in [0.29, 0.717) is 34.3 Å². The van der Waals surface area contributed by atoms with Crippen LogP contribution < -0.4 is 9.47 Å². The van der Waals surface area contributed by atoms with Gasteiger partial charge in [-0.25, -0.2) is 4.79 Å². The molecule has 2 aromatic rings. The molecule has 0 saturated carbocycles. The maximum absolute atomic E-state index is 12.4. The molecule has 1 fully saturated rings. The molecule has 0 aliphatic carbocycles. The average molecular weight is 429 g/mol. The number of ether oxygens (including phenoxy) is 2. The van der Waals surface area contributed by atoms with Crippen molar-refractivity contribution in [2.75, 3.05) is 13.2 Å². The first kappa shape index (κ1) is 21.3. The highest BCUT2D eigenvalue weighted by atomic mass is 32.2. The molecule has 0 unspecified atom stereocenters. The van der Waals surface area contributed by atoms with E-state index in [2.05, 4.69) is 6.58 Å². The van der Waals surface area contributed by atoms with E-state index < -0.39 is 5.97 Å². The van der Waals surface area contributed by atoms with Crippen molar-refractivity contribution in [3.05, 3.63) is 65.0 Å².